The Balaban J connectivity index is 2.08. The van der Waals surface area contributed by atoms with E-state index in [9.17, 15) is 0 Å². The third kappa shape index (κ3) is 3.21. The Kier molecular flexibility index (Phi) is 4.07. The van der Waals surface area contributed by atoms with Crippen LogP contribution < -0.4 is 5.73 Å². The molecule has 0 spiro atoms. The summed E-state index contributed by atoms with van der Waals surface area (Å²) in [5.74, 6) is 0. The van der Waals surface area contributed by atoms with Gasteiger partial charge in [-0.25, -0.2) is 0 Å². The van der Waals surface area contributed by atoms with Crippen LogP contribution in [0.25, 0.3) is 0 Å². The molecular formula is C13H19BrN2O. The van der Waals surface area contributed by atoms with Crippen molar-refractivity contribution in [2.24, 2.45) is 0 Å². The van der Waals surface area contributed by atoms with Gasteiger partial charge in [-0.15, -0.1) is 0 Å². The first-order valence-electron chi connectivity index (χ1n) is 5.96. The molecule has 0 saturated carbocycles. The molecule has 1 saturated heterocycles. The number of anilines is 1. The molecule has 0 amide bonds. The van der Waals surface area contributed by atoms with Gasteiger partial charge in [0.25, 0.3) is 0 Å². The molecule has 2 unspecified atom stereocenters. The van der Waals surface area contributed by atoms with E-state index in [4.69, 9.17) is 10.5 Å². The van der Waals surface area contributed by atoms with Crippen molar-refractivity contribution in [1.29, 1.82) is 0 Å². The fraction of sp³-hybridized carbons (Fsp3) is 0.538. The highest BCUT2D eigenvalue weighted by Gasteiger charge is 2.23. The molecule has 1 aliphatic heterocycles. The zero-order valence-corrected chi connectivity index (χ0v) is 11.9. The van der Waals surface area contributed by atoms with Crippen LogP contribution in [0.15, 0.2) is 22.7 Å². The van der Waals surface area contributed by atoms with E-state index >= 15 is 0 Å². The molecule has 94 valence electrons. The average Bonchev–Trinajstić information content (AvgIpc) is 2.27. The summed E-state index contributed by atoms with van der Waals surface area (Å²) in [5.41, 5.74) is 7.82. The molecule has 4 heteroatoms. The van der Waals surface area contributed by atoms with E-state index in [0.29, 0.717) is 12.1 Å². The van der Waals surface area contributed by atoms with Crippen LogP contribution in [0.5, 0.6) is 0 Å². The van der Waals surface area contributed by atoms with Crippen molar-refractivity contribution in [3.63, 3.8) is 0 Å². The molecule has 0 radical (unpaired) electrons. The molecular weight excluding hydrogens is 280 g/mol. The number of rotatable bonds is 2. The van der Waals surface area contributed by atoms with E-state index < -0.39 is 0 Å². The summed E-state index contributed by atoms with van der Waals surface area (Å²) < 4.78 is 6.72. The van der Waals surface area contributed by atoms with Crippen molar-refractivity contribution < 1.29 is 4.74 Å². The molecule has 1 aromatic carbocycles. The second-order valence-corrected chi connectivity index (χ2v) is 5.63. The predicted molar refractivity (Wildman–Crippen MR) is 73.8 cm³/mol. The van der Waals surface area contributed by atoms with E-state index in [1.807, 2.05) is 12.1 Å². The first kappa shape index (κ1) is 12.9. The summed E-state index contributed by atoms with van der Waals surface area (Å²) in [6.45, 7) is 7.06. The number of nitrogens with zero attached hydrogens (tertiary/aromatic N) is 1. The quantitative estimate of drug-likeness (QED) is 0.853. The first-order valence-corrected chi connectivity index (χ1v) is 6.75. The summed E-state index contributed by atoms with van der Waals surface area (Å²) in [7, 11) is 0. The fourth-order valence-corrected chi connectivity index (χ4v) is 2.62. The molecule has 3 nitrogen and oxygen atoms in total. The van der Waals surface area contributed by atoms with Crippen LogP contribution in [0.3, 0.4) is 0 Å². The third-order valence-electron chi connectivity index (χ3n) is 3.19. The summed E-state index contributed by atoms with van der Waals surface area (Å²) >= 11 is 3.57. The highest BCUT2D eigenvalue weighted by molar-refractivity contribution is 9.10. The predicted octanol–water partition coefficient (Wildman–Crippen LogP) is 2.64. The third-order valence-corrected chi connectivity index (χ3v) is 3.93. The van der Waals surface area contributed by atoms with Gasteiger partial charge in [0.05, 0.1) is 12.7 Å². The van der Waals surface area contributed by atoms with Crippen molar-refractivity contribution >= 4 is 21.6 Å². The SMILES string of the molecule is CC1CN(Cc2ccc(N)cc2Br)C(C)CO1. The highest BCUT2D eigenvalue weighted by atomic mass is 79.9. The molecule has 0 aliphatic carbocycles. The van der Waals surface area contributed by atoms with Gasteiger partial charge in [0.15, 0.2) is 0 Å². The lowest BCUT2D eigenvalue weighted by Gasteiger charge is -2.37. The van der Waals surface area contributed by atoms with Crippen LogP contribution in [-0.4, -0.2) is 30.2 Å². The number of morpholine rings is 1. The molecule has 1 fully saturated rings. The minimum Gasteiger partial charge on any atom is -0.399 e. The molecule has 0 aromatic heterocycles. The maximum Gasteiger partial charge on any atom is 0.0674 e. The number of nitrogens with two attached hydrogens (primary N) is 1. The van der Waals surface area contributed by atoms with Crippen LogP contribution in [0.1, 0.15) is 19.4 Å². The van der Waals surface area contributed by atoms with Gasteiger partial charge >= 0.3 is 0 Å². The van der Waals surface area contributed by atoms with E-state index in [2.05, 4.69) is 40.7 Å². The Hall–Kier alpha value is -0.580. The van der Waals surface area contributed by atoms with Crippen LogP contribution in [0.2, 0.25) is 0 Å². The van der Waals surface area contributed by atoms with Gasteiger partial charge in [-0.1, -0.05) is 22.0 Å². The summed E-state index contributed by atoms with van der Waals surface area (Å²) in [6, 6.07) is 6.47. The van der Waals surface area contributed by atoms with Gasteiger partial charge in [0.2, 0.25) is 0 Å². The van der Waals surface area contributed by atoms with Gasteiger partial charge in [-0.3, -0.25) is 4.90 Å². The number of benzene rings is 1. The number of nitrogen functional groups attached to an aromatic ring is 1. The summed E-state index contributed by atoms with van der Waals surface area (Å²) in [5, 5.41) is 0. The fourth-order valence-electron chi connectivity index (χ4n) is 2.10. The van der Waals surface area contributed by atoms with Gasteiger partial charge in [0.1, 0.15) is 0 Å². The monoisotopic (exact) mass is 298 g/mol. The molecule has 17 heavy (non-hydrogen) atoms. The van der Waals surface area contributed by atoms with E-state index in [1.165, 1.54) is 5.56 Å². The Morgan fingerprint density at radius 1 is 1.47 bits per heavy atom. The zero-order chi connectivity index (χ0) is 12.4. The Labute approximate surface area is 111 Å². The number of hydrogen-bond donors (Lipinski definition) is 1. The van der Waals surface area contributed by atoms with Crippen molar-refractivity contribution in [2.45, 2.75) is 32.5 Å². The molecule has 2 N–H and O–H groups in total. The van der Waals surface area contributed by atoms with Gasteiger partial charge in [-0.05, 0) is 31.5 Å². The van der Waals surface area contributed by atoms with Crippen molar-refractivity contribution in [1.82, 2.24) is 4.90 Å². The molecule has 1 heterocycles. The van der Waals surface area contributed by atoms with Crippen LogP contribution in [0.4, 0.5) is 5.69 Å². The number of halogens is 1. The topological polar surface area (TPSA) is 38.5 Å². The lowest BCUT2D eigenvalue weighted by molar-refractivity contribution is -0.0527. The number of ether oxygens (including phenoxy) is 1. The smallest absolute Gasteiger partial charge is 0.0674 e. The van der Waals surface area contributed by atoms with Crippen molar-refractivity contribution in [3.8, 4) is 0 Å². The zero-order valence-electron chi connectivity index (χ0n) is 10.3. The number of hydrogen-bond acceptors (Lipinski definition) is 3. The second-order valence-electron chi connectivity index (χ2n) is 4.77. The maximum absolute atomic E-state index is 5.75. The standard InChI is InChI=1S/C13H19BrN2O/c1-9-8-17-10(2)6-16(9)7-11-3-4-12(15)5-13(11)14/h3-5,9-10H,6-8,15H2,1-2H3. The Bertz CT molecular complexity index is 397. The van der Waals surface area contributed by atoms with E-state index in [-0.39, 0.29) is 0 Å². The Morgan fingerprint density at radius 3 is 2.94 bits per heavy atom. The lowest BCUT2D eigenvalue weighted by atomic mass is 10.1. The largest absolute Gasteiger partial charge is 0.399 e. The minimum absolute atomic E-state index is 0.318. The van der Waals surface area contributed by atoms with Crippen LogP contribution in [-0.2, 0) is 11.3 Å². The normalized spacial score (nSPS) is 26.1. The molecule has 2 atom stereocenters. The van der Waals surface area contributed by atoms with Crippen molar-refractivity contribution in [2.75, 3.05) is 18.9 Å². The minimum atomic E-state index is 0.318. The van der Waals surface area contributed by atoms with Crippen LogP contribution >= 0.6 is 15.9 Å². The molecule has 1 aliphatic rings. The summed E-state index contributed by atoms with van der Waals surface area (Å²) in [4.78, 5) is 2.45. The molecule has 0 bridgehead atoms. The van der Waals surface area contributed by atoms with E-state index in [0.717, 1.165) is 29.9 Å². The van der Waals surface area contributed by atoms with Gasteiger partial charge in [-0.2, -0.15) is 0 Å². The van der Waals surface area contributed by atoms with Gasteiger partial charge in [0, 0.05) is 29.3 Å². The highest BCUT2D eigenvalue weighted by Crippen LogP contribution is 2.23. The van der Waals surface area contributed by atoms with E-state index in [1.54, 1.807) is 0 Å². The maximum atomic E-state index is 5.75. The lowest BCUT2D eigenvalue weighted by Crippen LogP contribution is -2.46. The average molecular weight is 299 g/mol. The van der Waals surface area contributed by atoms with Crippen LogP contribution in [0, 0.1) is 0 Å². The first-order chi connectivity index (χ1) is 8.06. The van der Waals surface area contributed by atoms with Gasteiger partial charge < -0.3 is 10.5 Å². The second kappa shape index (κ2) is 5.38. The molecule has 2 rings (SSSR count). The van der Waals surface area contributed by atoms with Crippen molar-refractivity contribution in [3.05, 3.63) is 28.2 Å². The summed E-state index contributed by atoms with van der Waals surface area (Å²) in [6.07, 6.45) is 0.318. The molecule has 1 aromatic rings. The Morgan fingerprint density at radius 2 is 2.24 bits per heavy atom.